The molecule has 1 amide bonds. The molecule has 0 saturated carbocycles. The number of amides is 1. The quantitative estimate of drug-likeness (QED) is 0.848. The summed E-state index contributed by atoms with van der Waals surface area (Å²) in [4.78, 5) is 12.7. The van der Waals surface area contributed by atoms with Crippen LogP contribution in [0.5, 0.6) is 0 Å². The third-order valence-electron chi connectivity index (χ3n) is 4.61. The maximum Gasteiger partial charge on any atom is 0.244 e. The zero-order valence-corrected chi connectivity index (χ0v) is 15.7. The minimum absolute atomic E-state index is 0.204. The van der Waals surface area contributed by atoms with Gasteiger partial charge in [0.25, 0.3) is 0 Å². The molecule has 0 aliphatic carbocycles. The summed E-state index contributed by atoms with van der Waals surface area (Å²) in [5.41, 5.74) is 1.51. The van der Waals surface area contributed by atoms with Gasteiger partial charge >= 0.3 is 0 Å². The largest absolute Gasteiger partial charge is 0.355 e. The fourth-order valence-corrected chi connectivity index (χ4v) is 5.20. The standard InChI is InChI=1S/C20H24N2O3S/c1-2-14-21-20(23)18-12-8-15-22(18)26(24,25)19-13-7-6-11-17(19)16-9-4-3-5-10-16/h3-7,9-11,13,18H,2,8,12,14-15H2,1H3,(H,21,23)/t18-/m1/s1. The van der Waals surface area contributed by atoms with Crippen molar-refractivity contribution in [2.24, 2.45) is 0 Å². The van der Waals surface area contributed by atoms with Gasteiger partial charge in [-0.05, 0) is 30.9 Å². The van der Waals surface area contributed by atoms with Crippen molar-refractivity contribution >= 4 is 15.9 Å². The van der Waals surface area contributed by atoms with Crippen LogP contribution >= 0.6 is 0 Å². The van der Waals surface area contributed by atoms with Gasteiger partial charge in [0.1, 0.15) is 6.04 Å². The van der Waals surface area contributed by atoms with E-state index >= 15 is 0 Å². The molecule has 1 saturated heterocycles. The normalized spacial score (nSPS) is 18.0. The van der Waals surface area contributed by atoms with Crippen LogP contribution in [0.3, 0.4) is 0 Å². The first-order chi connectivity index (χ1) is 12.6. The Bertz CT molecular complexity index is 866. The Morgan fingerprint density at radius 3 is 2.54 bits per heavy atom. The maximum absolute atomic E-state index is 13.4. The molecule has 1 N–H and O–H groups in total. The maximum atomic E-state index is 13.4. The lowest BCUT2D eigenvalue weighted by Gasteiger charge is -2.24. The van der Waals surface area contributed by atoms with Crippen molar-refractivity contribution in [3.05, 3.63) is 54.6 Å². The van der Waals surface area contributed by atoms with Crippen molar-refractivity contribution in [3.8, 4) is 11.1 Å². The van der Waals surface area contributed by atoms with E-state index in [0.29, 0.717) is 31.5 Å². The van der Waals surface area contributed by atoms with E-state index in [4.69, 9.17) is 0 Å². The molecule has 6 heteroatoms. The second-order valence-corrected chi connectivity index (χ2v) is 8.29. The highest BCUT2D eigenvalue weighted by Gasteiger charge is 2.40. The summed E-state index contributed by atoms with van der Waals surface area (Å²) in [7, 11) is -3.76. The molecule has 1 fully saturated rings. The van der Waals surface area contributed by atoms with Crippen LogP contribution in [0.25, 0.3) is 11.1 Å². The summed E-state index contributed by atoms with van der Waals surface area (Å²) < 4.78 is 28.1. The van der Waals surface area contributed by atoms with Gasteiger partial charge in [0.05, 0.1) is 4.90 Å². The summed E-state index contributed by atoms with van der Waals surface area (Å²) >= 11 is 0. The molecule has 26 heavy (non-hydrogen) atoms. The van der Waals surface area contributed by atoms with Crippen LogP contribution in [0.4, 0.5) is 0 Å². The number of rotatable bonds is 6. The fraction of sp³-hybridized carbons (Fsp3) is 0.350. The first kappa shape index (κ1) is 18.6. The predicted molar refractivity (Wildman–Crippen MR) is 102 cm³/mol. The molecular weight excluding hydrogens is 348 g/mol. The van der Waals surface area contributed by atoms with Gasteiger partial charge in [-0.1, -0.05) is 55.5 Å². The minimum Gasteiger partial charge on any atom is -0.355 e. The number of hydrogen-bond acceptors (Lipinski definition) is 3. The highest BCUT2D eigenvalue weighted by atomic mass is 32.2. The first-order valence-corrected chi connectivity index (χ1v) is 10.4. The summed E-state index contributed by atoms with van der Waals surface area (Å²) in [6.45, 7) is 2.90. The summed E-state index contributed by atoms with van der Waals surface area (Å²) in [5.74, 6) is -0.204. The van der Waals surface area contributed by atoms with Gasteiger partial charge in [0.15, 0.2) is 0 Å². The zero-order chi connectivity index (χ0) is 18.6. The van der Waals surface area contributed by atoms with E-state index in [1.54, 1.807) is 12.1 Å². The molecule has 1 aliphatic rings. The topological polar surface area (TPSA) is 66.5 Å². The minimum atomic E-state index is -3.76. The van der Waals surface area contributed by atoms with Gasteiger partial charge in [0.2, 0.25) is 15.9 Å². The number of sulfonamides is 1. The second kappa shape index (κ2) is 8.01. The lowest BCUT2D eigenvalue weighted by atomic mass is 10.1. The van der Waals surface area contributed by atoms with Crippen LogP contribution < -0.4 is 5.32 Å². The van der Waals surface area contributed by atoms with Crippen LogP contribution in [0.2, 0.25) is 0 Å². The van der Waals surface area contributed by atoms with Crippen molar-refractivity contribution < 1.29 is 13.2 Å². The van der Waals surface area contributed by atoms with Crippen molar-refractivity contribution in [1.29, 1.82) is 0 Å². The zero-order valence-electron chi connectivity index (χ0n) is 14.9. The Labute approximate surface area is 155 Å². The Morgan fingerprint density at radius 1 is 1.12 bits per heavy atom. The smallest absolute Gasteiger partial charge is 0.244 e. The molecule has 0 bridgehead atoms. The first-order valence-electron chi connectivity index (χ1n) is 8.99. The van der Waals surface area contributed by atoms with Crippen LogP contribution in [0.1, 0.15) is 26.2 Å². The van der Waals surface area contributed by atoms with Gasteiger partial charge in [-0.25, -0.2) is 8.42 Å². The van der Waals surface area contributed by atoms with Gasteiger partial charge < -0.3 is 5.32 Å². The van der Waals surface area contributed by atoms with E-state index in [2.05, 4.69) is 5.32 Å². The number of carbonyl (C=O) groups is 1. The molecule has 0 radical (unpaired) electrons. The third-order valence-corrected chi connectivity index (χ3v) is 6.58. The third kappa shape index (κ3) is 3.66. The van der Waals surface area contributed by atoms with Crippen molar-refractivity contribution in [2.75, 3.05) is 13.1 Å². The molecule has 5 nitrogen and oxygen atoms in total. The molecule has 3 rings (SSSR count). The average molecular weight is 372 g/mol. The van der Waals surface area contributed by atoms with Gasteiger partial charge in [0, 0.05) is 18.7 Å². The molecule has 1 heterocycles. The lowest BCUT2D eigenvalue weighted by molar-refractivity contribution is -0.124. The highest BCUT2D eigenvalue weighted by molar-refractivity contribution is 7.89. The SMILES string of the molecule is CCCNC(=O)[C@H]1CCCN1S(=O)(=O)c1ccccc1-c1ccccc1. The van der Waals surface area contributed by atoms with Crippen LogP contribution in [-0.2, 0) is 14.8 Å². The molecule has 0 aromatic heterocycles. The molecule has 2 aromatic carbocycles. The van der Waals surface area contributed by atoms with Gasteiger partial charge in [-0.3, -0.25) is 4.79 Å². The lowest BCUT2D eigenvalue weighted by Crippen LogP contribution is -2.46. The van der Waals surface area contributed by atoms with E-state index in [0.717, 1.165) is 12.0 Å². The number of carbonyl (C=O) groups excluding carboxylic acids is 1. The summed E-state index contributed by atoms with van der Waals surface area (Å²) in [6.07, 6.45) is 2.07. The van der Waals surface area contributed by atoms with Crippen LogP contribution in [0, 0.1) is 0 Å². The molecular formula is C20H24N2O3S. The van der Waals surface area contributed by atoms with E-state index in [1.165, 1.54) is 4.31 Å². The van der Waals surface area contributed by atoms with Gasteiger partial charge in [-0.15, -0.1) is 0 Å². The number of nitrogens with one attached hydrogen (secondary N) is 1. The Balaban J connectivity index is 1.97. The van der Waals surface area contributed by atoms with Crippen molar-refractivity contribution in [2.45, 2.75) is 37.1 Å². The van der Waals surface area contributed by atoms with E-state index in [9.17, 15) is 13.2 Å². The van der Waals surface area contributed by atoms with Crippen LogP contribution in [-0.4, -0.2) is 37.8 Å². The van der Waals surface area contributed by atoms with Crippen LogP contribution in [0.15, 0.2) is 59.5 Å². The molecule has 2 aromatic rings. The summed E-state index contributed by atoms with van der Waals surface area (Å²) in [6, 6.07) is 15.8. The van der Waals surface area contributed by atoms with E-state index < -0.39 is 16.1 Å². The molecule has 138 valence electrons. The molecule has 0 spiro atoms. The average Bonchev–Trinajstić information content (AvgIpc) is 3.18. The highest BCUT2D eigenvalue weighted by Crippen LogP contribution is 2.32. The summed E-state index contributed by atoms with van der Waals surface area (Å²) in [5, 5.41) is 2.83. The van der Waals surface area contributed by atoms with E-state index in [1.807, 2.05) is 49.4 Å². The van der Waals surface area contributed by atoms with E-state index in [-0.39, 0.29) is 10.8 Å². The van der Waals surface area contributed by atoms with Crippen molar-refractivity contribution in [3.63, 3.8) is 0 Å². The Kier molecular flexibility index (Phi) is 5.74. The molecule has 1 aliphatic heterocycles. The molecule has 1 atom stereocenters. The number of hydrogen-bond donors (Lipinski definition) is 1. The molecule has 0 unspecified atom stereocenters. The second-order valence-electron chi connectivity index (χ2n) is 6.43. The van der Waals surface area contributed by atoms with Crippen molar-refractivity contribution in [1.82, 2.24) is 9.62 Å². The number of nitrogens with zero attached hydrogens (tertiary/aromatic N) is 1. The Hall–Kier alpha value is -2.18. The monoisotopic (exact) mass is 372 g/mol. The predicted octanol–water partition coefficient (Wildman–Crippen LogP) is 3.03. The Morgan fingerprint density at radius 2 is 1.81 bits per heavy atom. The fourth-order valence-electron chi connectivity index (χ4n) is 3.33. The van der Waals surface area contributed by atoms with Gasteiger partial charge in [-0.2, -0.15) is 4.31 Å². The number of benzene rings is 2.